The largest absolute Gasteiger partial charge is 0.382 e. The van der Waals surface area contributed by atoms with Gasteiger partial charge in [0.25, 0.3) is 0 Å². The topological polar surface area (TPSA) is 62.1 Å². The third kappa shape index (κ3) is 4.98. The fourth-order valence-electron chi connectivity index (χ4n) is 1.47. The summed E-state index contributed by atoms with van der Waals surface area (Å²) in [5.74, 6) is -0.0214. The van der Waals surface area contributed by atoms with E-state index in [1.54, 1.807) is 7.11 Å². The van der Waals surface area contributed by atoms with Gasteiger partial charge in [-0.05, 0) is 31.0 Å². The zero-order valence-corrected chi connectivity index (χ0v) is 10.8. The van der Waals surface area contributed by atoms with Crippen molar-refractivity contribution in [2.24, 2.45) is 0 Å². The van der Waals surface area contributed by atoms with Crippen LogP contribution in [0.25, 0.3) is 0 Å². The summed E-state index contributed by atoms with van der Waals surface area (Å²) in [4.78, 5) is 11.6. The highest BCUT2D eigenvalue weighted by Gasteiger charge is 2.06. The van der Waals surface area contributed by atoms with E-state index in [4.69, 9.17) is 10.00 Å². The summed E-state index contributed by atoms with van der Waals surface area (Å²) in [5, 5.41) is 11.4. The van der Waals surface area contributed by atoms with Gasteiger partial charge in [0.15, 0.2) is 0 Å². The number of nitrogens with zero attached hydrogens (tertiary/aromatic N) is 1. The number of methoxy groups -OCH3 is 1. The number of anilines is 1. The Kier molecular flexibility index (Phi) is 5.89. The third-order valence-electron chi connectivity index (χ3n) is 2.70. The Morgan fingerprint density at radius 3 is 2.67 bits per heavy atom. The fraction of sp³-hybridized carbons (Fsp3) is 0.429. The Labute approximate surface area is 108 Å². The summed E-state index contributed by atoms with van der Waals surface area (Å²) < 4.78 is 5.08. The minimum atomic E-state index is -0.0214. The number of hydrogen-bond donors (Lipinski definition) is 1. The van der Waals surface area contributed by atoms with Crippen molar-refractivity contribution in [1.29, 1.82) is 5.26 Å². The molecule has 1 atom stereocenters. The summed E-state index contributed by atoms with van der Waals surface area (Å²) in [7, 11) is 1.64. The monoisotopic (exact) mass is 246 g/mol. The Morgan fingerprint density at radius 2 is 2.11 bits per heavy atom. The first-order valence-corrected chi connectivity index (χ1v) is 5.94. The predicted molar refractivity (Wildman–Crippen MR) is 70.1 cm³/mol. The predicted octanol–water partition coefficient (Wildman–Crippen LogP) is 2.51. The van der Waals surface area contributed by atoms with Crippen LogP contribution in [0.4, 0.5) is 5.69 Å². The quantitative estimate of drug-likeness (QED) is 0.838. The van der Waals surface area contributed by atoms with Crippen LogP contribution in [0.1, 0.15) is 25.3 Å². The van der Waals surface area contributed by atoms with Crippen LogP contribution in [0, 0.1) is 11.3 Å². The minimum absolute atomic E-state index is 0.0214. The molecule has 1 unspecified atom stereocenters. The molecule has 0 fully saturated rings. The van der Waals surface area contributed by atoms with Crippen LogP contribution in [0.15, 0.2) is 24.3 Å². The molecule has 0 bridgehead atoms. The number of nitriles is 1. The lowest BCUT2D eigenvalue weighted by atomic mass is 10.1. The number of carbonyl (C=O) groups excluding carboxylic acids is 1. The second kappa shape index (κ2) is 7.46. The van der Waals surface area contributed by atoms with Crippen LogP contribution in [-0.4, -0.2) is 19.1 Å². The zero-order chi connectivity index (χ0) is 13.4. The molecular formula is C14H18N2O2. The van der Waals surface area contributed by atoms with Gasteiger partial charge in [0, 0.05) is 19.2 Å². The third-order valence-corrected chi connectivity index (χ3v) is 2.70. The van der Waals surface area contributed by atoms with Crippen molar-refractivity contribution in [3.63, 3.8) is 0 Å². The van der Waals surface area contributed by atoms with E-state index in [0.29, 0.717) is 19.3 Å². The molecule has 0 saturated carbocycles. The number of carbonyl (C=O) groups is 1. The van der Waals surface area contributed by atoms with Gasteiger partial charge in [-0.3, -0.25) is 4.79 Å². The lowest BCUT2D eigenvalue weighted by Gasteiger charge is -2.09. The second-order valence-electron chi connectivity index (χ2n) is 4.16. The van der Waals surface area contributed by atoms with Crippen molar-refractivity contribution in [2.45, 2.75) is 32.3 Å². The summed E-state index contributed by atoms with van der Waals surface area (Å²) >= 11 is 0. The normalized spacial score (nSPS) is 11.6. The van der Waals surface area contributed by atoms with Gasteiger partial charge in [0.2, 0.25) is 5.91 Å². The van der Waals surface area contributed by atoms with Gasteiger partial charge in [-0.15, -0.1) is 0 Å². The zero-order valence-electron chi connectivity index (χ0n) is 10.8. The van der Waals surface area contributed by atoms with Gasteiger partial charge in [-0.25, -0.2) is 0 Å². The molecule has 0 heterocycles. The van der Waals surface area contributed by atoms with E-state index < -0.39 is 0 Å². The van der Waals surface area contributed by atoms with E-state index in [-0.39, 0.29) is 12.0 Å². The average molecular weight is 246 g/mol. The Morgan fingerprint density at radius 1 is 1.44 bits per heavy atom. The summed E-state index contributed by atoms with van der Waals surface area (Å²) in [6.45, 7) is 1.93. The molecule has 1 rings (SSSR count). The first-order valence-electron chi connectivity index (χ1n) is 5.94. The SMILES string of the molecule is COC(C)CCC(=O)Nc1ccc(CC#N)cc1. The fourth-order valence-corrected chi connectivity index (χ4v) is 1.47. The van der Waals surface area contributed by atoms with Crippen molar-refractivity contribution < 1.29 is 9.53 Å². The van der Waals surface area contributed by atoms with E-state index in [9.17, 15) is 4.79 Å². The van der Waals surface area contributed by atoms with Crippen LogP contribution in [0.3, 0.4) is 0 Å². The van der Waals surface area contributed by atoms with Crippen LogP contribution in [0.2, 0.25) is 0 Å². The van der Waals surface area contributed by atoms with Gasteiger partial charge >= 0.3 is 0 Å². The number of benzene rings is 1. The first-order chi connectivity index (χ1) is 8.65. The number of rotatable bonds is 6. The lowest BCUT2D eigenvalue weighted by Crippen LogP contribution is -2.15. The molecule has 4 heteroatoms. The molecule has 1 amide bonds. The van der Waals surface area contributed by atoms with E-state index in [2.05, 4.69) is 11.4 Å². The van der Waals surface area contributed by atoms with Crippen molar-refractivity contribution in [3.05, 3.63) is 29.8 Å². The smallest absolute Gasteiger partial charge is 0.224 e. The Balaban J connectivity index is 2.42. The summed E-state index contributed by atoms with van der Waals surface area (Å²) in [6, 6.07) is 9.39. The molecule has 0 aliphatic rings. The molecular weight excluding hydrogens is 228 g/mol. The summed E-state index contributed by atoms with van der Waals surface area (Å²) in [5.41, 5.74) is 1.70. The maximum absolute atomic E-state index is 11.6. The number of ether oxygens (including phenoxy) is 1. The molecule has 0 aliphatic heterocycles. The van der Waals surface area contributed by atoms with E-state index in [1.165, 1.54) is 0 Å². The molecule has 18 heavy (non-hydrogen) atoms. The van der Waals surface area contributed by atoms with Crippen LogP contribution in [0.5, 0.6) is 0 Å². The van der Waals surface area contributed by atoms with E-state index >= 15 is 0 Å². The molecule has 0 radical (unpaired) electrons. The molecule has 1 aromatic rings. The van der Waals surface area contributed by atoms with Gasteiger partial charge in [0.05, 0.1) is 18.6 Å². The van der Waals surface area contributed by atoms with Crippen LogP contribution < -0.4 is 5.32 Å². The molecule has 1 aromatic carbocycles. The van der Waals surface area contributed by atoms with Gasteiger partial charge in [-0.1, -0.05) is 12.1 Å². The van der Waals surface area contributed by atoms with E-state index in [0.717, 1.165) is 11.3 Å². The average Bonchev–Trinajstić information content (AvgIpc) is 2.38. The highest BCUT2D eigenvalue weighted by molar-refractivity contribution is 5.90. The Bertz CT molecular complexity index is 420. The molecule has 0 spiro atoms. The number of amides is 1. The molecule has 0 aliphatic carbocycles. The van der Waals surface area contributed by atoms with Gasteiger partial charge < -0.3 is 10.1 Å². The number of hydrogen-bond acceptors (Lipinski definition) is 3. The maximum atomic E-state index is 11.6. The van der Waals surface area contributed by atoms with Crippen LogP contribution >= 0.6 is 0 Å². The molecule has 96 valence electrons. The molecule has 4 nitrogen and oxygen atoms in total. The van der Waals surface area contributed by atoms with Crippen molar-refractivity contribution in [1.82, 2.24) is 0 Å². The first kappa shape index (κ1) is 14.2. The molecule has 1 N–H and O–H groups in total. The van der Waals surface area contributed by atoms with Crippen LogP contribution in [-0.2, 0) is 16.0 Å². The molecule has 0 aromatic heterocycles. The maximum Gasteiger partial charge on any atom is 0.224 e. The van der Waals surface area contributed by atoms with Gasteiger partial charge in [-0.2, -0.15) is 5.26 Å². The highest BCUT2D eigenvalue weighted by Crippen LogP contribution is 2.11. The minimum Gasteiger partial charge on any atom is -0.382 e. The second-order valence-corrected chi connectivity index (χ2v) is 4.16. The van der Waals surface area contributed by atoms with Crippen molar-refractivity contribution in [2.75, 3.05) is 12.4 Å². The van der Waals surface area contributed by atoms with E-state index in [1.807, 2.05) is 31.2 Å². The van der Waals surface area contributed by atoms with Gasteiger partial charge in [0.1, 0.15) is 0 Å². The van der Waals surface area contributed by atoms with Crippen molar-refractivity contribution >= 4 is 11.6 Å². The summed E-state index contributed by atoms with van der Waals surface area (Å²) in [6.07, 6.45) is 1.62. The Hall–Kier alpha value is -1.86. The lowest BCUT2D eigenvalue weighted by molar-refractivity contribution is -0.116. The highest BCUT2D eigenvalue weighted by atomic mass is 16.5. The van der Waals surface area contributed by atoms with Crippen molar-refractivity contribution in [3.8, 4) is 6.07 Å². The standard InChI is InChI=1S/C14H18N2O2/c1-11(18-2)3-8-14(17)16-13-6-4-12(5-7-13)9-10-15/h4-7,11H,3,8-9H2,1-2H3,(H,16,17). The molecule has 0 saturated heterocycles. The number of nitrogens with one attached hydrogen (secondary N) is 1.